The van der Waals surface area contributed by atoms with Crippen LogP contribution >= 0.6 is 68.0 Å². The first-order valence-corrected chi connectivity index (χ1v) is 49.0. The highest BCUT2D eigenvalue weighted by atomic mass is 32.1. The summed E-state index contributed by atoms with van der Waals surface area (Å²) < 4.78 is 0. The SMILES string of the molecule is CCCCCCCCCCCC[Si]1(CCCCCCCC)c2cc(C)sc2-c2sc(-c3sc(-c4cc5c(s4)-c4sc(-c6sc(C)c7c6C(=O)N(CC(CC)CCCC)C7=O)cc4[Si]5(CC(CC)CCCC)CC(CC)CCCC)c4c3C(=O)N(CC(CC)CCCC)C4=O)cc21. The summed E-state index contributed by atoms with van der Waals surface area (Å²) in [5.41, 5.74) is 2.60. The van der Waals surface area contributed by atoms with Gasteiger partial charge in [0.25, 0.3) is 23.6 Å². The number of carbonyl (C=O) groups excluding carboxylic acids is 4. The molecular weight excluding hydrogens is 1330 g/mol. The van der Waals surface area contributed by atoms with Crippen molar-refractivity contribution in [2.24, 2.45) is 23.7 Å². The topological polar surface area (TPSA) is 74.8 Å². The first-order chi connectivity index (χ1) is 46.7. The van der Waals surface area contributed by atoms with Crippen LogP contribution in [0.4, 0.5) is 0 Å². The van der Waals surface area contributed by atoms with Gasteiger partial charge in [-0.3, -0.25) is 29.0 Å². The van der Waals surface area contributed by atoms with Gasteiger partial charge in [-0.2, -0.15) is 0 Å². The van der Waals surface area contributed by atoms with Crippen LogP contribution in [-0.4, -0.2) is 62.7 Å². The lowest BCUT2D eigenvalue weighted by atomic mass is 9.99. The highest BCUT2D eigenvalue weighted by Crippen LogP contribution is 2.56. The molecule has 6 nitrogen and oxygen atoms in total. The average molecular weight is 1450 g/mol. The molecule has 6 aromatic rings. The smallest absolute Gasteiger partial charge is 0.263 e. The van der Waals surface area contributed by atoms with Crippen LogP contribution in [0.25, 0.3) is 48.8 Å². The van der Waals surface area contributed by atoms with Crippen molar-refractivity contribution >= 4 is 129 Å². The first kappa shape index (κ1) is 75.6. The lowest BCUT2D eigenvalue weighted by Crippen LogP contribution is -2.56. The summed E-state index contributed by atoms with van der Waals surface area (Å²) >= 11 is 11.2. The van der Waals surface area contributed by atoms with Gasteiger partial charge in [0.2, 0.25) is 0 Å². The Bertz CT molecular complexity index is 3570. The summed E-state index contributed by atoms with van der Waals surface area (Å²) in [6.07, 6.45) is 39.1. The molecular formula is C82H120N2O4S6Si2. The minimum atomic E-state index is -2.62. The molecule has 0 aromatic carbocycles. The summed E-state index contributed by atoms with van der Waals surface area (Å²) in [4.78, 5) is 79.1. The molecule has 4 aliphatic heterocycles. The molecule has 5 atom stereocenters. The fourth-order valence-corrected chi connectivity index (χ4v) is 39.9. The molecule has 96 heavy (non-hydrogen) atoms. The summed E-state index contributed by atoms with van der Waals surface area (Å²) in [6.45, 7) is 28.4. The molecule has 0 saturated heterocycles. The Labute approximate surface area is 607 Å². The predicted octanol–water partition coefficient (Wildman–Crippen LogP) is 25.1. The number of carbonyl (C=O) groups is 4. The fourth-order valence-electron chi connectivity index (χ4n) is 17.4. The van der Waals surface area contributed by atoms with E-state index in [9.17, 15) is 9.59 Å². The molecule has 10 rings (SSSR count). The monoisotopic (exact) mass is 1440 g/mol. The third-order valence-corrected chi connectivity index (χ3v) is 42.3. The molecule has 10 heterocycles. The molecule has 0 N–H and O–H groups in total. The van der Waals surface area contributed by atoms with E-state index in [-0.39, 0.29) is 29.5 Å². The average Bonchev–Trinajstić information content (AvgIpc) is 1.54. The number of imide groups is 2. The highest BCUT2D eigenvalue weighted by Gasteiger charge is 2.53. The van der Waals surface area contributed by atoms with Crippen LogP contribution in [0.2, 0.25) is 24.2 Å². The van der Waals surface area contributed by atoms with Crippen molar-refractivity contribution in [3.05, 3.63) is 56.3 Å². The van der Waals surface area contributed by atoms with Crippen molar-refractivity contribution in [3.8, 4) is 48.8 Å². The number of unbranched alkanes of at least 4 members (excludes halogenated alkanes) is 18. The lowest BCUT2D eigenvalue weighted by molar-refractivity contribution is 0.0609. The lowest BCUT2D eigenvalue weighted by Gasteiger charge is -2.35. The predicted molar refractivity (Wildman–Crippen MR) is 429 cm³/mol. The normalized spacial score (nSPS) is 18.3. The zero-order valence-corrected chi connectivity index (χ0v) is 68.4. The van der Waals surface area contributed by atoms with E-state index in [1.54, 1.807) is 53.2 Å². The Hall–Kier alpha value is -3.09. The molecule has 4 amide bonds. The van der Waals surface area contributed by atoms with Crippen LogP contribution in [-0.2, 0) is 0 Å². The third kappa shape index (κ3) is 15.6. The van der Waals surface area contributed by atoms with Crippen LogP contribution in [0.1, 0.15) is 326 Å². The van der Waals surface area contributed by atoms with Gasteiger partial charge in [-0.05, 0) is 120 Å². The second-order valence-corrected chi connectivity index (χ2v) is 45.0. The van der Waals surface area contributed by atoms with Gasteiger partial charge >= 0.3 is 0 Å². The van der Waals surface area contributed by atoms with E-state index in [0.29, 0.717) is 53.1 Å². The number of fused-ring (bicyclic) bond motifs is 8. The van der Waals surface area contributed by atoms with E-state index in [0.717, 1.165) is 93.5 Å². The van der Waals surface area contributed by atoms with Crippen LogP contribution < -0.4 is 20.7 Å². The van der Waals surface area contributed by atoms with Gasteiger partial charge in [0.15, 0.2) is 0 Å². The van der Waals surface area contributed by atoms with Crippen LogP contribution in [0.3, 0.4) is 0 Å². The van der Waals surface area contributed by atoms with Gasteiger partial charge < -0.3 is 0 Å². The Morgan fingerprint density at radius 3 is 1.02 bits per heavy atom. The van der Waals surface area contributed by atoms with E-state index in [1.807, 2.05) is 45.3 Å². The van der Waals surface area contributed by atoms with Crippen molar-refractivity contribution in [1.29, 1.82) is 0 Å². The minimum Gasteiger partial charge on any atom is -0.274 e. The number of rotatable bonds is 45. The molecule has 0 fully saturated rings. The van der Waals surface area contributed by atoms with Crippen LogP contribution in [0, 0.1) is 37.5 Å². The van der Waals surface area contributed by atoms with Crippen molar-refractivity contribution in [2.75, 3.05) is 13.1 Å². The second-order valence-electron chi connectivity index (χ2n) is 30.0. The Morgan fingerprint density at radius 1 is 0.323 bits per heavy atom. The van der Waals surface area contributed by atoms with Crippen molar-refractivity contribution in [3.63, 3.8) is 0 Å². The van der Waals surface area contributed by atoms with Crippen LogP contribution in [0.15, 0.2) is 24.3 Å². The van der Waals surface area contributed by atoms with Gasteiger partial charge in [-0.1, -0.05) is 262 Å². The van der Waals surface area contributed by atoms with E-state index < -0.39 is 16.1 Å². The molecule has 0 spiro atoms. The zero-order chi connectivity index (χ0) is 68.3. The molecule has 0 bridgehead atoms. The van der Waals surface area contributed by atoms with E-state index in [2.05, 4.69) is 107 Å². The fraction of sp³-hybridized carbons (Fsp3) is 0.659. The molecule has 5 unspecified atom stereocenters. The highest BCUT2D eigenvalue weighted by molar-refractivity contribution is 7.35. The number of amides is 4. The molecule has 526 valence electrons. The zero-order valence-electron chi connectivity index (χ0n) is 61.5. The van der Waals surface area contributed by atoms with Crippen molar-refractivity contribution < 1.29 is 19.2 Å². The van der Waals surface area contributed by atoms with E-state index in [1.165, 1.54) is 195 Å². The Balaban J connectivity index is 1.12. The number of hydrogen-bond donors (Lipinski definition) is 0. The number of hydrogen-bond acceptors (Lipinski definition) is 10. The summed E-state index contributed by atoms with van der Waals surface area (Å²) in [5.74, 6) is 1.32. The standard InChI is InChI=1S/C82H120N2O4S6Si2/c1-13-23-29-31-33-34-35-36-38-40-46-95(45-39-37-32-30-24-14-2)64-47-55(11)89-75(64)76-65(95)48-62(92-76)73-70-71(82(88)84(81(70)87)52-58(20-8)42-26-16-4)74(94-73)63-50-67-78(93-63)77-66(96(67,53-59(21-9)43-27-17-5)54-60(22-10)44-28-18-6)49-61(91-77)72-69-68(56(12)90-72)79(85)83(80(69)86)51-57(19-7)41-25-15-3/h47-50,57-60H,13-46,51-54H2,1-12H3. The summed E-state index contributed by atoms with van der Waals surface area (Å²) in [5, 5.41) is 6.44. The van der Waals surface area contributed by atoms with Crippen LogP contribution in [0.5, 0.6) is 0 Å². The Kier molecular flexibility index (Phi) is 27.7. The number of thiophene rings is 6. The van der Waals surface area contributed by atoms with Gasteiger partial charge in [-0.15, -0.1) is 68.0 Å². The molecule has 4 aliphatic rings. The largest absolute Gasteiger partial charge is 0.274 e. The maximum atomic E-state index is 15.9. The maximum Gasteiger partial charge on any atom is 0.263 e. The molecule has 14 heteroatoms. The first-order valence-electron chi connectivity index (χ1n) is 39.2. The molecule has 0 radical (unpaired) electrons. The quantitative estimate of drug-likeness (QED) is 0.0217. The summed E-state index contributed by atoms with van der Waals surface area (Å²) in [6, 6.07) is 15.4. The second kappa shape index (κ2) is 35.2. The van der Waals surface area contributed by atoms with Gasteiger partial charge in [0.1, 0.15) is 16.1 Å². The molecule has 0 aliphatic carbocycles. The number of aryl methyl sites for hydroxylation is 2. The number of nitrogens with zero attached hydrogens (tertiary/aromatic N) is 2. The van der Waals surface area contributed by atoms with Gasteiger partial charge in [0, 0.05) is 57.0 Å². The van der Waals surface area contributed by atoms with Crippen molar-refractivity contribution in [1.82, 2.24) is 9.80 Å². The molecule has 6 aromatic heterocycles. The van der Waals surface area contributed by atoms with Crippen molar-refractivity contribution in [2.45, 2.75) is 313 Å². The molecule has 0 saturated carbocycles. The summed E-state index contributed by atoms with van der Waals surface area (Å²) in [7, 11) is -4.83. The van der Waals surface area contributed by atoms with Gasteiger partial charge in [0.05, 0.1) is 36.9 Å². The van der Waals surface area contributed by atoms with E-state index >= 15 is 9.59 Å². The third-order valence-electron chi connectivity index (χ3n) is 23.3. The maximum absolute atomic E-state index is 15.9. The Morgan fingerprint density at radius 2 is 0.635 bits per heavy atom. The minimum absolute atomic E-state index is 0.0809. The van der Waals surface area contributed by atoms with Gasteiger partial charge in [-0.25, -0.2) is 0 Å². The van der Waals surface area contributed by atoms with E-state index in [4.69, 9.17) is 0 Å².